The van der Waals surface area contributed by atoms with Crippen LogP contribution in [-0.2, 0) is 17.9 Å². The van der Waals surface area contributed by atoms with Crippen molar-refractivity contribution in [2.45, 2.75) is 20.1 Å². The van der Waals surface area contributed by atoms with Crippen molar-refractivity contribution in [3.63, 3.8) is 0 Å². The summed E-state index contributed by atoms with van der Waals surface area (Å²) in [7, 11) is 0. The maximum atomic E-state index is 10.9. The van der Waals surface area contributed by atoms with E-state index in [4.69, 9.17) is 20.8 Å². The number of hydrogen-bond acceptors (Lipinski definition) is 7. The van der Waals surface area contributed by atoms with Crippen molar-refractivity contribution < 1.29 is 14.1 Å². The summed E-state index contributed by atoms with van der Waals surface area (Å²) in [5.74, 6) is 1.18. The van der Waals surface area contributed by atoms with Crippen LogP contribution < -0.4 is 0 Å². The lowest BCUT2D eigenvalue weighted by molar-refractivity contribution is -0.392. The second kappa shape index (κ2) is 7.41. The topological polar surface area (TPSA) is 109 Å². The van der Waals surface area contributed by atoms with Crippen molar-refractivity contribution in [1.29, 1.82) is 0 Å². The van der Waals surface area contributed by atoms with Crippen molar-refractivity contribution in [3.05, 3.63) is 57.3 Å². The normalized spacial score (nSPS) is 11.0. The maximum absolute atomic E-state index is 10.9. The second-order valence-corrected chi connectivity index (χ2v) is 5.57. The highest BCUT2D eigenvalue weighted by Crippen LogP contribution is 2.20. The minimum Gasteiger partial charge on any atom is -0.418 e. The van der Waals surface area contributed by atoms with Gasteiger partial charge in [0.25, 0.3) is 0 Å². The van der Waals surface area contributed by atoms with E-state index in [0.29, 0.717) is 29.2 Å². The van der Waals surface area contributed by atoms with Gasteiger partial charge in [0.1, 0.15) is 19.3 Å². The molecule has 130 valence electrons. The Hall–Kier alpha value is -2.78. The van der Waals surface area contributed by atoms with Crippen molar-refractivity contribution in [1.82, 2.24) is 19.7 Å². The Morgan fingerprint density at radius 1 is 1.32 bits per heavy atom. The summed E-state index contributed by atoms with van der Waals surface area (Å²) in [5.41, 5.74) is 0.757. The first kappa shape index (κ1) is 17.1. The van der Waals surface area contributed by atoms with E-state index in [1.807, 2.05) is 0 Å². The maximum Gasteiger partial charge on any atom is 0.342 e. The molecule has 0 N–H and O–H groups in total. The average molecular weight is 364 g/mol. The number of aryl methyl sites for hydroxylation is 1. The number of benzene rings is 1. The molecule has 3 rings (SSSR count). The van der Waals surface area contributed by atoms with E-state index in [-0.39, 0.29) is 19.0 Å². The van der Waals surface area contributed by atoms with Crippen LogP contribution in [0.2, 0.25) is 5.02 Å². The van der Waals surface area contributed by atoms with Gasteiger partial charge in [0.05, 0.1) is 6.61 Å². The average Bonchev–Trinajstić information content (AvgIpc) is 3.19. The third-order valence-corrected chi connectivity index (χ3v) is 3.72. The van der Waals surface area contributed by atoms with Crippen LogP contribution in [0.15, 0.2) is 34.9 Å². The summed E-state index contributed by atoms with van der Waals surface area (Å²) < 4.78 is 12.5. The predicted octanol–water partition coefficient (Wildman–Crippen LogP) is 3.02. The molecule has 0 fully saturated rings. The zero-order chi connectivity index (χ0) is 17.8. The molecule has 0 aliphatic heterocycles. The molecule has 0 aliphatic carbocycles. The van der Waals surface area contributed by atoms with Gasteiger partial charge in [0.15, 0.2) is 5.82 Å². The van der Waals surface area contributed by atoms with Gasteiger partial charge in [-0.1, -0.05) is 11.6 Å². The SMILES string of the molecule is Cc1ncc([N+](=O)[O-])n1CCOCc1nnc(-c2ccc(Cl)cc2)o1. The molecule has 0 amide bonds. The summed E-state index contributed by atoms with van der Waals surface area (Å²) in [5, 5.41) is 19.4. The first-order chi connectivity index (χ1) is 12.0. The molecule has 2 heterocycles. The number of imidazole rings is 1. The third-order valence-electron chi connectivity index (χ3n) is 3.46. The lowest BCUT2D eigenvalue weighted by atomic mass is 10.2. The minimum atomic E-state index is -0.476. The molecule has 0 saturated heterocycles. The van der Waals surface area contributed by atoms with Crippen LogP contribution in [0.5, 0.6) is 0 Å². The predicted molar refractivity (Wildman–Crippen MR) is 88.0 cm³/mol. The highest BCUT2D eigenvalue weighted by atomic mass is 35.5. The first-order valence-corrected chi connectivity index (χ1v) is 7.75. The number of aromatic nitrogens is 4. The molecule has 2 aromatic heterocycles. The summed E-state index contributed by atoms with van der Waals surface area (Å²) in [4.78, 5) is 14.4. The van der Waals surface area contributed by atoms with Gasteiger partial charge < -0.3 is 19.3 Å². The zero-order valence-electron chi connectivity index (χ0n) is 13.3. The molecule has 10 heteroatoms. The van der Waals surface area contributed by atoms with Gasteiger partial charge in [-0.3, -0.25) is 0 Å². The monoisotopic (exact) mass is 363 g/mol. The molecule has 9 nitrogen and oxygen atoms in total. The Balaban J connectivity index is 1.54. The Bertz CT molecular complexity index is 874. The molecule has 0 bridgehead atoms. The molecule has 3 aromatic rings. The van der Waals surface area contributed by atoms with Crippen LogP contribution in [0.25, 0.3) is 11.5 Å². The Morgan fingerprint density at radius 3 is 2.80 bits per heavy atom. The fourth-order valence-electron chi connectivity index (χ4n) is 2.21. The van der Waals surface area contributed by atoms with E-state index in [2.05, 4.69) is 15.2 Å². The number of halogens is 1. The van der Waals surface area contributed by atoms with E-state index in [1.54, 1.807) is 31.2 Å². The van der Waals surface area contributed by atoms with Crippen molar-refractivity contribution in [2.75, 3.05) is 6.61 Å². The van der Waals surface area contributed by atoms with Crippen molar-refractivity contribution in [3.8, 4) is 11.5 Å². The molecule has 0 spiro atoms. The van der Waals surface area contributed by atoms with Crippen LogP contribution in [0.4, 0.5) is 5.82 Å². The molecular weight excluding hydrogens is 350 g/mol. The summed E-state index contributed by atoms with van der Waals surface area (Å²) in [6, 6.07) is 7.03. The minimum absolute atomic E-state index is 0.0658. The van der Waals surface area contributed by atoms with E-state index >= 15 is 0 Å². The van der Waals surface area contributed by atoms with Crippen molar-refractivity contribution >= 4 is 17.4 Å². The number of nitro groups is 1. The summed E-state index contributed by atoms with van der Waals surface area (Å²) in [6.07, 6.45) is 1.23. The van der Waals surface area contributed by atoms with Gasteiger partial charge in [-0.15, -0.1) is 10.2 Å². The molecular formula is C15H14ClN5O4. The molecule has 25 heavy (non-hydrogen) atoms. The Labute approximate surface area is 147 Å². The van der Waals surface area contributed by atoms with E-state index in [0.717, 1.165) is 5.56 Å². The van der Waals surface area contributed by atoms with Gasteiger partial charge in [-0.2, -0.15) is 0 Å². The summed E-state index contributed by atoms with van der Waals surface area (Å²) >= 11 is 5.84. The second-order valence-electron chi connectivity index (χ2n) is 5.13. The van der Waals surface area contributed by atoms with Gasteiger partial charge >= 0.3 is 5.82 Å². The molecule has 0 unspecified atom stereocenters. The van der Waals surface area contributed by atoms with Crippen molar-refractivity contribution in [2.24, 2.45) is 0 Å². The van der Waals surface area contributed by atoms with Crippen LogP contribution in [-0.4, -0.2) is 31.3 Å². The third kappa shape index (κ3) is 4.01. The van der Waals surface area contributed by atoms with Crippen LogP contribution in [0, 0.1) is 17.0 Å². The highest BCUT2D eigenvalue weighted by Gasteiger charge is 2.17. The quantitative estimate of drug-likeness (QED) is 0.360. The lowest BCUT2D eigenvalue weighted by Gasteiger charge is -2.03. The molecule has 0 radical (unpaired) electrons. The number of nitrogens with zero attached hydrogens (tertiary/aromatic N) is 5. The first-order valence-electron chi connectivity index (χ1n) is 7.37. The van der Waals surface area contributed by atoms with Crippen LogP contribution in [0.1, 0.15) is 11.7 Å². The van der Waals surface area contributed by atoms with Crippen LogP contribution in [0.3, 0.4) is 0 Å². The number of hydrogen-bond donors (Lipinski definition) is 0. The standard InChI is InChI=1S/C15H14ClN5O4/c1-10-17-8-14(21(22)23)20(10)6-7-24-9-13-18-19-15(25-13)11-2-4-12(16)5-3-11/h2-5,8H,6-7,9H2,1H3. The van der Waals surface area contributed by atoms with E-state index in [9.17, 15) is 10.1 Å². The Kier molecular flexibility index (Phi) is 5.05. The lowest BCUT2D eigenvalue weighted by Crippen LogP contribution is -2.10. The smallest absolute Gasteiger partial charge is 0.342 e. The van der Waals surface area contributed by atoms with Gasteiger partial charge in [-0.05, 0) is 29.2 Å². The largest absolute Gasteiger partial charge is 0.418 e. The highest BCUT2D eigenvalue weighted by molar-refractivity contribution is 6.30. The number of ether oxygens (including phenoxy) is 1. The summed E-state index contributed by atoms with van der Waals surface area (Å²) in [6.45, 7) is 2.36. The zero-order valence-corrected chi connectivity index (χ0v) is 14.0. The molecule has 1 aromatic carbocycles. The van der Waals surface area contributed by atoms with E-state index < -0.39 is 4.92 Å². The number of rotatable bonds is 7. The van der Waals surface area contributed by atoms with Gasteiger partial charge in [-0.25, -0.2) is 9.55 Å². The van der Waals surface area contributed by atoms with Gasteiger partial charge in [0.2, 0.25) is 11.8 Å². The Morgan fingerprint density at radius 2 is 2.08 bits per heavy atom. The fourth-order valence-corrected chi connectivity index (χ4v) is 2.34. The molecule has 0 aliphatic rings. The van der Waals surface area contributed by atoms with Gasteiger partial charge in [0, 0.05) is 17.5 Å². The van der Waals surface area contributed by atoms with Crippen LogP contribution >= 0.6 is 11.6 Å². The molecule has 0 atom stereocenters. The fraction of sp³-hybridized carbons (Fsp3) is 0.267. The molecule has 0 saturated carbocycles. The van der Waals surface area contributed by atoms with E-state index in [1.165, 1.54) is 10.8 Å².